The first kappa shape index (κ1) is 29.3. The molecule has 0 heterocycles. The first-order valence-corrected chi connectivity index (χ1v) is 13.4. The van der Waals surface area contributed by atoms with E-state index in [0.717, 1.165) is 30.0 Å². The minimum atomic E-state index is -4.42. The Morgan fingerprint density at radius 2 is 1.26 bits per heavy atom. The quantitative estimate of drug-likeness (QED) is 0.218. The van der Waals surface area contributed by atoms with Gasteiger partial charge in [0.2, 0.25) is 0 Å². The number of hydrogen-bond donors (Lipinski definition) is 0. The molecule has 2 aromatic carbocycles. The van der Waals surface area contributed by atoms with Crippen molar-refractivity contribution in [2.75, 3.05) is 0 Å². The van der Waals surface area contributed by atoms with Gasteiger partial charge < -0.3 is 4.55 Å². The molecule has 168 valence electrons. The van der Waals surface area contributed by atoms with Crippen LogP contribution < -0.4 is 51.4 Å². The molecule has 0 fully saturated rings. The normalized spacial score (nSPS) is 11.6. The summed E-state index contributed by atoms with van der Waals surface area (Å²) in [5, 5.41) is 1.97. The Labute approximate surface area is 233 Å². The number of aryl methyl sites for hydroxylation is 2. The summed E-state index contributed by atoms with van der Waals surface area (Å²) in [6, 6.07) is 9.00. The largest absolute Gasteiger partial charge is 1.00 e. The van der Waals surface area contributed by atoms with Crippen molar-refractivity contribution in [1.29, 1.82) is 0 Å². The number of hydrogen-bond acceptors (Lipinski definition) is 3. The van der Waals surface area contributed by atoms with E-state index in [-0.39, 0.29) is 56.3 Å². The maximum Gasteiger partial charge on any atom is 1.00 e. The van der Waals surface area contributed by atoms with E-state index in [4.69, 9.17) is 0 Å². The third kappa shape index (κ3) is 10.4. The molecule has 2 aromatic rings. The Balaban J connectivity index is 0.00000480. The smallest absolute Gasteiger partial charge is 0.744 e. The van der Waals surface area contributed by atoms with Gasteiger partial charge in [0, 0.05) is 0 Å². The second kappa shape index (κ2) is 16.0. The molecule has 0 unspecified atom stereocenters. The van der Waals surface area contributed by atoms with Crippen molar-refractivity contribution in [2.24, 2.45) is 0 Å². The van der Waals surface area contributed by atoms with Crippen LogP contribution in [-0.4, -0.2) is 13.0 Å². The molecule has 2 rings (SSSR count). The molecule has 0 saturated heterocycles. The maximum absolute atomic E-state index is 11.4. The van der Waals surface area contributed by atoms with Crippen LogP contribution in [0, 0.1) is 0 Å². The summed E-state index contributed by atoms with van der Waals surface area (Å²) in [5.74, 6) is 0. The predicted octanol–water partition coefficient (Wildman–Crippen LogP) is 4.55. The third-order valence-electron chi connectivity index (χ3n) is 6.07. The molecule has 0 aromatic heterocycles. The van der Waals surface area contributed by atoms with Crippen molar-refractivity contribution >= 4 is 20.9 Å². The van der Waals surface area contributed by atoms with Crippen LogP contribution in [0.15, 0.2) is 35.2 Å². The molecular weight excluding hydrogens is 431 g/mol. The summed E-state index contributed by atoms with van der Waals surface area (Å²) < 4.78 is 34.3. The summed E-state index contributed by atoms with van der Waals surface area (Å²) in [7, 11) is -4.42. The molecule has 0 aliphatic rings. The van der Waals surface area contributed by atoms with Gasteiger partial charge in [-0.2, -0.15) is 0 Å². The van der Waals surface area contributed by atoms with E-state index < -0.39 is 10.1 Å². The van der Waals surface area contributed by atoms with Gasteiger partial charge in [-0.05, 0) is 59.7 Å². The van der Waals surface area contributed by atoms with Crippen LogP contribution in [0.25, 0.3) is 10.8 Å². The van der Waals surface area contributed by atoms with Crippen molar-refractivity contribution in [3.05, 3.63) is 41.5 Å². The van der Waals surface area contributed by atoms with Gasteiger partial charge in [-0.3, -0.25) is 0 Å². The van der Waals surface area contributed by atoms with Crippen LogP contribution in [0.4, 0.5) is 0 Å². The van der Waals surface area contributed by atoms with Crippen molar-refractivity contribution in [3.8, 4) is 0 Å². The SMILES string of the molecule is CCCCCCCCc1ccc2cc(S(=O)(=O)[O-])ccc2c1CCCCCCCC.[K+]. The van der Waals surface area contributed by atoms with Gasteiger partial charge in [-0.25, -0.2) is 8.42 Å². The molecule has 0 amide bonds. The topological polar surface area (TPSA) is 57.2 Å². The van der Waals surface area contributed by atoms with E-state index in [9.17, 15) is 13.0 Å². The Morgan fingerprint density at radius 1 is 0.710 bits per heavy atom. The van der Waals surface area contributed by atoms with E-state index in [2.05, 4.69) is 19.9 Å². The van der Waals surface area contributed by atoms with Gasteiger partial charge in [0.15, 0.2) is 0 Å². The minimum Gasteiger partial charge on any atom is -0.744 e. The fourth-order valence-electron chi connectivity index (χ4n) is 4.28. The molecule has 5 heteroatoms. The Morgan fingerprint density at radius 3 is 1.84 bits per heavy atom. The zero-order valence-corrected chi connectivity index (χ0v) is 23.9. The first-order valence-electron chi connectivity index (χ1n) is 12.0. The Bertz CT molecular complexity index is 878. The van der Waals surface area contributed by atoms with E-state index >= 15 is 0 Å². The molecule has 0 N–H and O–H groups in total. The average molecular weight is 471 g/mol. The fraction of sp³-hybridized carbons (Fsp3) is 0.615. The van der Waals surface area contributed by atoms with E-state index in [1.807, 2.05) is 12.1 Å². The van der Waals surface area contributed by atoms with E-state index in [1.54, 1.807) is 0 Å². The predicted molar refractivity (Wildman–Crippen MR) is 126 cm³/mol. The second-order valence-electron chi connectivity index (χ2n) is 8.58. The second-order valence-corrected chi connectivity index (χ2v) is 9.96. The molecule has 3 nitrogen and oxygen atoms in total. The number of rotatable bonds is 15. The van der Waals surface area contributed by atoms with Gasteiger partial charge in [-0.15, -0.1) is 0 Å². The molecule has 0 bridgehead atoms. The van der Waals surface area contributed by atoms with Crippen LogP contribution >= 0.6 is 0 Å². The van der Waals surface area contributed by atoms with E-state index in [0.29, 0.717) is 0 Å². The van der Waals surface area contributed by atoms with Crippen molar-refractivity contribution in [1.82, 2.24) is 0 Å². The van der Waals surface area contributed by atoms with Crippen LogP contribution in [0.5, 0.6) is 0 Å². The van der Waals surface area contributed by atoms with Crippen LogP contribution in [0.1, 0.15) is 102 Å². The molecule has 0 atom stereocenters. The minimum absolute atomic E-state index is 0. The van der Waals surface area contributed by atoms with Gasteiger partial charge in [0.25, 0.3) is 0 Å². The van der Waals surface area contributed by atoms with Crippen molar-refractivity contribution in [3.63, 3.8) is 0 Å². The molecule has 0 spiro atoms. The molecule has 0 aliphatic carbocycles. The van der Waals surface area contributed by atoms with Gasteiger partial charge in [-0.1, -0.05) is 96.3 Å². The summed E-state index contributed by atoms with van der Waals surface area (Å²) in [4.78, 5) is -0.135. The standard InChI is InChI=1S/C26H40O3S.K/c1-3-5-7-9-11-13-15-22-17-18-23-21-24(30(27,28)29)19-20-26(23)25(22)16-14-12-10-8-6-4-2;/h17-21H,3-16H2,1-2H3,(H,27,28,29);/q;+1/p-1. The fourth-order valence-corrected chi connectivity index (χ4v) is 4.79. The monoisotopic (exact) mass is 470 g/mol. The van der Waals surface area contributed by atoms with E-state index in [1.165, 1.54) is 93.9 Å². The molecule has 0 aliphatic heterocycles. The summed E-state index contributed by atoms with van der Waals surface area (Å²) in [6.07, 6.45) is 17.4. The summed E-state index contributed by atoms with van der Waals surface area (Å²) in [5.41, 5.74) is 2.75. The molecular formula is C26H39KO3S. The summed E-state index contributed by atoms with van der Waals surface area (Å²) in [6.45, 7) is 4.48. The van der Waals surface area contributed by atoms with Crippen LogP contribution in [0.2, 0.25) is 0 Å². The molecule has 31 heavy (non-hydrogen) atoms. The first-order chi connectivity index (χ1) is 14.5. The van der Waals surface area contributed by atoms with Gasteiger partial charge in [0.1, 0.15) is 10.1 Å². The number of unbranched alkanes of at least 4 members (excludes halogenated alkanes) is 10. The van der Waals surface area contributed by atoms with Crippen LogP contribution in [-0.2, 0) is 23.0 Å². The summed E-state index contributed by atoms with van der Waals surface area (Å²) >= 11 is 0. The average Bonchev–Trinajstić information content (AvgIpc) is 2.72. The number of fused-ring (bicyclic) bond motifs is 1. The zero-order chi connectivity index (χ0) is 21.8. The van der Waals surface area contributed by atoms with Gasteiger partial charge in [0.05, 0.1) is 4.90 Å². The zero-order valence-electron chi connectivity index (χ0n) is 19.9. The Hall–Kier alpha value is 0.246. The molecule has 0 saturated carbocycles. The Kier molecular flexibility index (Phi) is 15.1. The van der Waals surface area contributed by atoms with Crippen molar-refractivity contribution in [2.45, 2.75) is 109 Å². The van der Waals surface area contributed by atoms with Crippen molar-refractivity contribution < 1.29 is 64.4 Å². The van der Waals surface area contributed by atoms with Crippen LogP contribution in [0.3, 0.4) is 0 Å². The third-order valence-corrected chi connectivity index (χ3v) is 6.90. The maximum atomic E-state index is 11.4. The number of benzene rings is 2. The van der Waals surface area contributed by atoms with Gasteiger partial charge >= 0.3 is 51.4 Å². The molecule has 0 radical (unpaired) electrons.